The van der Waals surface area contributed by atoms with Gasteiger partial charge in [0.25, 0.3) is 0 Å². The highest BCUT2D eigenvalue weighted by Gasteiger charge is 2.27. The van der Waals surface area contributed by atoms with Gasteiger partial charge in [0.2, 0.25) is 5.91 Å². The van der Waals surface area contributed by atoms with Gasteiger partial charge in [-0.3, -0.25) is 4.79 Å². The maximum Gasteiger partial charge on any atom is 0.222 e. The number of nitrogens with zero attached hydrogens (tertiary/aromatic N) is 4. The fourth-order valence-corrected chi connectivity index (χ4v) is 3.54. The zero-order valence-electron chi connectivity index (χ0n) is 13.5. The molecular weight excluding hydrogens is 328 g/mol. The first kappa shape index (κ1) is 16.6. The summed E-state index contributed by atoms with van der Waals surface area (Å²) in [6.45, 7) is 1.39. The average molecular weight is 348 g/mol. The van der Waals surface area contributed by atoms with Crippen molar-refractivity contribution in [3.05, 3.63) is 42.2 Å². The molecular formula is C16H20N4O3S. The van der Waals surface area contributed by atoms with Gasteiger partial charge in [-0.05, 0) is 30.5 Å². The smallest absolute Gasteiger partial charge is 0.222 e. The standard InChI is InChI=1S/C16H20N4O3S/c1-24(22,23)15-5-2-13(3-6-15)4-7-16(21)19-10-8-14(12-19)20-11-9-17-18-20/h2-3,5-6,9,11,14H,4,7-8,10,12H2,1H3/t14-/m0/s1. The van der Waals surface area contributed by atoms with Crippen molar-refractivity contribution in [1.29, 1.82) is 0 Å². The third-order valence-electron chi connectivity index (χ3n) is 4.31. The highest BCUT2D eigenvalue weighted by atomic mass is 32.2. The minimum Gasteiger partial charge on any atom is -0.340 e. The molecule has 0 unspecified atom stereocenters. The fourth-order valence-electron chi connectivity index (χ4n) is 2.91. The summed E-state index contributed by atoms with van der Waals surface area (Å²) < 4.78 is 24.7. The van der Waals surface area contributed by atoms with E-state index in [0.29, 0.717) is 24.3 Å². The first-order chi connectivity index (χ1) is 11.4. The van der Waals surface area contributed by atoms with Crippen LogP contribution in [0.4, 0.5) is 0 Å². The van der Waals surface area contributed by atoms with Crippen LogP contribution in [0.15, 0.2) is 41.6 Å². The molecule has 2 aromatic rings. The van der Waals surface area contributed by atoms with Crippen molar-refractivity contribution in [2.75, 3.05) is 19.3 Å². The van der Waals surface area contributed by atoms with Gasteiger partial charge in [-0.25, -0.2) is 13.1 Å². The SMILES string of the molecule is CS(=O)(=O)c1ccc(CCC(=O)N2CC[C@H](n3ccnn3)C2)cc1. The summed E-state index contributed by atoms with van der Waals surface area (Å²) in [5, 5.41) is 7.80. The lowest BCUT2D eigenvalue weighted by molar-refractivity contribution is -0.130. The van der Waals surface area contributed by atoms with Crippen LogP contribution in [0.5, 0.6) is 0 Å². The molecule has 1 aromatic carbocycles. The van der Waals surface area contributed by atoms with Crippen LogP contribution in [-0.2, 0) is 21.1 Å². The van der Waals surface area contributed by atoms with Crippen LogP contribution in [0.2, 0.25) is 0 Å². The van der Waals surface area contributed by atoms with Crippen molar-refractivity contribution >= 4 is 15.7 Å². The molecule has 1 amide bonds. The second-order valence-corrected chi connectivity index (χ2v) is 8.10. The molecule has 0 radical (unpaired) electrons. The van der Waals surface area contributed by atoms with E-state index in [0.717, 1.165) is 18.5 Å². The molecule has 24 heavy (non-hydrogen) atoms. The predicted molar refractivity (Wildman–Crippen MR) is 88.1 cm³/mol. The Labute approximate surface area is 141 Å². The Balaban J connectivity index is 1.53. The van der Waals surface area contributed by atoms with Crippen LogP contribution >= 0.6 is 0 Å². The molecule has 0 N–H and O–H groups in total. The van der Waals surface area contributed by atoms with E-state index in [4.69, 9.17) is 0 Å². The van der Waals surface area contributed by atoms with Gasteiger partial charge >= 0.3 is 0 Å². The van der Waals surface area contributed by atoms with E-state index in [1.807, 2.05) is 11.1 Å². The van der Waals surface area contributed by atoms with Crippen molar-refractivity contribution in [2.45, 2.75) is 30.2 Å². The molecule has 2 heterocycles. The maximum atomic E-state index is 12.3. The van der Waals surface area contributed by atoms with Gasteiger partial charge < -0.3 is 4.90 Å². The number of rotatable bonds is 5. The van der Waals surface area contributed by atoms with Crippen LogP contribution in [0.25, 0.3) is 0 Å². The Kier molecular flexibility index (Phi) is 4.66. The molecule has 1 aromatic heterocycles. The molecule has 0 spiro atoms. The van der Waals surface area contributed by atoms with E-state index in [1.165, 1.54) is 6.26 Å². The molecule has 3 rings (SSSR count). The molecule has 0 aliphatic carbocycles. The summed E-state index contributed by atoms with van der Waals surface area (Å²) in [4.78, 5) is 14.5. The number of aromatic nitrogens is 3. The summed E-state index contributed by atoms with van der Waals surface area (Å²) >= 11 is 0. The maximum absolute atomic E-state index is 12.3. The first-order valence-corrected chi connectivity index (χ1v) is 9.75. The normalized spacial score (nSPS) is 18.0. The minimum atomic E-state index is -3.18. The van der Waals surface area contributed by atoms with Crippen molar-refractivity contribution in [3.63, 3.8) is 0 Å². The van der Waals surface area contributed by atoms with Gasteiger partial charge in [-0.2, -0.15) is 0 Å². The van der Waals surface area contributed by atoms with Gasteiger partial charge in [-0.1, -0.05) is 17.3 Å². The molecule has 0 saturated carbocycles. The van der Waals surface area contributed by atoms with E-state index in [2.05, 4.69) is 10.3 Å². The lowest BCUT2D eigenvalue weighted by Crippen LogP contribution is -2.29. The van der Waals surface area contributed by atoms with Crippen LogP contribution in [-0.4, -0.2) is 53.6 Å². The monoisotopic (exact) mass is 348 g/mol. The summed E-state index contributed by atoms with van der Waals surface area (Å²) in [6.07, 6.45) is 6.56. The number of amides is 1. The Morgan fingerprint density at radius 1 is 1.29 bits per heavy atom. The number of hydrogen-bond donors (Lipinski definition) is 0. The molecule has 1 aliphatic rings. The van der Waals surface area contributed by atoms with Crippen LogP contribution in [0.1, 0.15) is 24.4 Å². The molecule has 8 heteroatoms. The number of carbonyl (C=O) groups excluding carboxylic acids is 1. The number of carbonyl (C=O) groups is 1. The number of likely N-dealkylation sites (tertiary alicyclic amines) is 1. The van der Waals surface area contributed by atoms with E-state index in [-0.39, 0.29) is 11.9 Å². The number of benzene rings is 1. The van der Waals surface area contributed by atoms with Crippen molar-refractivity contribution in [1.82, 2.24) is 19.9 Å². The van der Waals surface area contributed by atoms with Crippen LogP contribution in [0, 0.1) is 0 Å². The van der Waals surface area contributed by atoms with Gasteiger partial charge in [0.1, 0.15) is 0 Å². The fraction of sp³-hybridized carbons (Fsp3) is 0.438. The van der Waals surface area contributed by atoms with Gasteiger partial charge in [0.05, 0.1) is 17.1 Å². The molecule has 0 bridgehead atoms. The van der Waals surface area contributed by atoms with E-state index in [9.17, 15) is 13.2 Å². The quantitative estimate of drug-likeness (QED) is 0.807. The van der Waals surface area contributed by atoms with Crippen molar-refractivity contribution < 1.29 is 13.2 Å². The van der Waals surface area contributed by atoms with E-state index < -0.39 is 9.84 Å². The molecule has 1 atom stereocenters. The zero-order valence-corrected chi connectivity index (χ0v) is 14.3. The molecule has 1 aliphatic heterocycles. The predicted octanol–water partition coefficient (Wildman–Crippen LogP) is 1.09. The van der Waals surface area contributed by atoms with E-state index in [1.54, 1.807) is 35.1 Å². The Morgan fingerprint density at radius 3 is 2.67 bits per heavy atom. The van der Waals surface area contributed by atoms with Gasteiger partial charge in [-0.15, -0.1) is 5.10 Å². The molecule has 1 saturated heterocycles. The summed E-state index contributed by atoms with van der Waals surface area (Å²) in [5.41, 5.74) is 0.961. The summed E-state index contributed by atoms with van der Waals surface area (Å²) in [7, 11) is -3.18. The van der Waals surface area contributed by atoms with Crippen molar-refractivity contribution in [3.8, 4) is 0 Å². The Morgan fingerprint density at radius 2 is 2.04 bits per heavy atom. The molecule has 128 valence electrons. The van der Waals surface area contributed by atoms with Crippen LogP contribution < -0.4 is 0 Å². The van der Waals surface area contributed by atoms with Gasteiger partial charge in [0.15, 0.2) is 9.84 Å². The van der Waals surface area contributed by atoms with E-state index >= 15 is 0 Å². The third-order valence-corrected chi connectivity index (χ3v) is 5.44. The highest BCUT2D eigenvalue weighted by molar-refractivity contribution is 7.90. The number of aryl methyl sites for hydroxylation is 1. The van der Waals surface area contributed by atoms with Crippen LogP contribution in [0.3, 0.4) is 0 Å². The number of sulfone groups is 1. The Bertz CT molecular complexity index is 800. The topological polar surface area (TPSA) is 85.2 Å². The average Bonchev–Trinajstić information content (AvgIpc) is 3.22. The highest BCUT2D eigenvalue weighted by Crippen LogP contribution is 2.21. The van der Waals surface area contributed by atoms with Crippen molar-refractivity contribution in [2.24, 2.45) is 0 Å². The zero-order chi connectivity index (χ0) is 17.2. The van der Waals surface area contributed by atoms with Gasteiger partial charge in [0, 0.05) is 32.0 Å². The minimum absolute atomic E-state index is 0.116. The first-order valence-electron chi connectivity index (χ1n) is 7.86. The lowest BCUT2D eigenvalue weighted by atomic mass is 10.1. The second-order valence-electron chi connectivity index (χ2n) is 6.08. The number of hydrogen-bond acceptors (Lipinski definition) is 5. The molecule has 7 nitrogen and oxygen atoms in total. The Hall–Kier alpha value is -2.22. The largest absolute Gasteiger partial charge is 0.340 e. The second kappa shape index (κ2) is 6.72. The third kappa shape index (κ3) is 3.81. The lowest BCUT2D eigenvalue weighted by Gasteiger charge is -2.16. The molecule has 1 fully saturated rings. The summed E-state index contributed by atoms with van der Waals surface area (Å²) in [6, 6.07) is 6.92. The summed E-state index contributed by atoms with van der Waals surface area (Å²) in [5.74, 6) is 0.116.